The van der Waals surface area contributed by atoms with Gasteiger partial charge in [0.25, 0.3) is 0 Å². The largest absolute Gasteiger partial charge is 0.274 e. The van der Waals surface area contributed by atoms with Crippen LogP contribution in [0.4, 0.5) is 0 Å². The highest BCUT2D eigenvalue weighted by Crippen LogP contribution is 2.25. The number of rotatable bonds is 7. The zero-order valence-corrected chi connectivity index (χ0v) is 15.1. The molecule has 0 radical (unpaired) electrons. The third-order valence-corrected chi connectivity index (χ3v) is 6.01. The van der Waals surface area contributed by atoms with Crippen LogP contribution in [0.1, 0.15) is 56.5 Å². The van der Waals surface area contributed by atoms with Crippen molar-refractivity contribution in [1.29, 1.82) is 0 Å². The molecule has 1 aliphatic carbocycles. The average molecular weight is 341 g/mol. The van der Waals surface area contributed by atoms with Crippen LogP contribution in [0.15, 0.2) is 0 Å². The Morgan fingerprint density at radius 3 is 2.48 bits per heavy atom. The molecule has 0 bridgehead atoms. The third-order valence-electron chi connectivity index (χ3n) is 4.56. The standard InChI is InChI=1S/C16H27N3O3S/c1-4-14-13(15(5-2)19(3)17-14)10-16(20)18-23(21,22)11-12-8-6-7-9-12/h12H,4-11H2,1-3H3,(H,18,20). The van der Waals surface area contributed by atoms with E-state index >= 15 is 0 Å². The van der Waals surface area contributed by atoms with Gasteiger partial charge in [0.1, 0.15) is 0 Å². The Hall–Kier alpha value is -1.37. The van der Waals surface area contributed by atoms with E-state index in [0.717, 1.165) is 55.5 Å². The van der Waals surface area contributed by atoms with Crippen molar-refractivity contribution in [1.82, 2.24) is 14.5 Å². The van der Waals surface area contributed by atoms with Crippen LogP contribution in [0.3, 0.4) is 0 Å². The molecule has 0 spiro atoms. The molecule has 0 aliphatic heterocycles. The van der Waals surface area contributed by atoms with E-state index in [2.05, 4.69) is 9.82 Å². The maximum absolute atomic E-state index is 12.2. The molecule has 130 valence electrons. The first-order chi connectivity index (χ1) is 10.9. The Morgan fingerprint density at radius 1 is 1.26 bits per heavy atom. The van der Waals surface area contributed by atoms with Crippen molar-refractivity contribution in [2.75, 3.05) is 5.75 Å². The van der Waals surface area contributed by atoms with Gasteiger partial charge in [-0.25, -0.2) is 8.42 Å². The maximum Gasteiger partial charge on any atom is 0.237 e. The number of amides is 1. The Bertz CT molecular complexity index is 658. The number of aryl methyl sites for hydroxylation is 2. The van der Waals surface area contributed by atoms with E-state index in [0.29, 0.717) is 0 Å². The minimum absolute atomic E-state index is 0.0625. The molecule has 0 unspecified atom stereocenters. The Kier molecular flexibility index (Phi) is 5.84. The molecule has 6 nitrogen and oxygen atoms in total. The summed E-state index contributed by atoms with van der Waals surface area (Å²) in [6.07, 6.45) is 5.62. The normalized spacial score (nSPS) is 16.0. The van der Waals surface area contributed by atoms with Gasteiger partial charge in [-0.2, -0.15) is 5.10 Å². The van der Waals surface area contributed by atoms with E-state index in [1.807, 2.05) is 20.9 Å². The Morgan fingerprint density at radius 2 is 1.91 bits per heavy atom. The fraction of sp³-hybridized carbons (Fsp3) is 0.750. The number of hydrogen-bond acceptors (Lipinski definition) is 4. The molecule has 0 saturated heterocycles. The summed E-state index contributed by atoms with van der Waals surface area (Å²) in [5, 5.41) is 4.42. The zero-order valence-electron chi connectivity index (χ0n) is 14.3. The van der Waals surface area contributed by atoms with E-state index in [-0.39, 0.29) is 18.1 Å². The van der Waals surface area contributed by atoms with Crippen molar-refractivity contribution in [3.63, 3.8) is 0 Å². The molecule has 1 amide bonds. The molecular weight excluding hydrogens is 314 g/mol. The summed E-state index contributed by atoms with van der Waals surface area (Å²) < 4.78 is 28.3. The molecule has 23 heavy (non-hydrogen) atoms. The summed E-state index contributed by atoms with van der Waals surface area (Å²) in [5.41, 5.74) is 2.73. The van der Waals surface area contributed by atoms with Crippen molar-refractivity contribution in [2.24, 2.45) is 13.0 Å². The van der Waals surface area contributed by atoms with Gasteiger partial charge in [0.2, 0.25) is 15.9 Å². The van der Waals surface area contributed by atoms with Gasteiger partial charge in [-0.1, -0.05) is 26.7 Å². The van der Waals surface area contributed by atoms with E-state index in [9.17, 15) is 13.2 Å². The lowest BCUT2D eigenvalue weighted by atomic mass is 10.1. The fourth-order valence-corrected chi connectivity index (χ4v) is 4.95. The van der Waals surface area contributed by atoms with Crippen molar-refractivity contribution in [2.45, 2.75) is 58.8 Å². The van der Waals surface area contributed by atoms with Crippen molar-refractivity contribution < 1.29 is 13.2 Å². The Balaban J connectivity index is 2.04. The topological polar surface area (TPSA) is 81.1 Å². The number of nitrogens with one attached hydrogen (secondary N) is 1. The summed E-state index contributed by atoms with van der Waals surface area (Å²) in [7, 11) is -1.69. The molecule has 1 N–H and O–H groups in total. The molecule has 1 aliphatic rings. The maximum atomic E-state index is 12.2. The summed E-state index contributed by atoms with van der Waals surface area (Å²) in [4.78, 5) is 12.2. The molecule has 1 aromatic heterocycles. The summed E-state index contributed by atoms with van der Waals surface area (Å²) >= 11 is 0. The number of nitrogens with zero attached hydrogens (tertiary/aromatic N) is 2. The first kappa shape index (κ1) is 18.0. The molecular formula is C16H27N3O3S. The molecule has 1 saturated carbocycles. The van der Waals surface area contributed by atoms with Gasteiger partial charge < -0.3 is 0 Å². The SMILES string of the molecule is CCc1nn(C)c(CC)c1CC(=O)NS(=O)(=O)CC1CCCC1. The van der Waals surface area contributed by atoms with E-state index in [1.54, 1.807) is 4.68 Å². The highest BCUT2D eigenvalue weighted by molar-refractivity contribution is 7.90. The molecule has 1 fully saturated rings. The second kappa shape index (κ2) is 7.47. The number of hydrogen-bond donors (Lipinski definition) is 1. The molecule has 2 rings (SSSR count). The second-order valence-corrected chi connectivity index (χ2v) is 8.10. The van der Waals surface area contributed by atoms with Crippen molar-refractivity contribution in [3.8, 4) is 0 Å². The van der Waals surface area contributed by atoms with Gasteiger partial charge in [0.05, 0.1) is 17.9 Å². The fourth-order valence-electron chi connectivity index (χ4n) is 3.49. The van der Waals surface area contributed by atoms with E-state index < -0.39 is 15.9 Å². The Labute approximate surface area is 138 Å². The van der Waals surface area contributed by atoms with Crippen LogP contribution in [0, 0.1) is 5.92 Å². The lowest BCUT2D eigenvalue weighted by molar-refractivity contribution is -0.118. The summed E-state index contributed by atoms with van der Waals surface area (Å²) in [5.74, 6) is -0.205. The van der Waals surface area contributed by atoms with Crippen molar-refractivity contribution in [3.05, 3.63) is 17.0 Å². The van der Waals surface area contributed by atoms with E-state index in [1.165, 1.54) is 0 Å². The van der Waals surface area contributed by atoms with Crippen LogP contribution in [0.25, 0.3) is 0 Å². The highest BCUT2D eigenvalue weighted by atomic mass is 32.2. The van der Waals surface area contributed by atoms with Gasteiger partial charge >= 0.3 is 0 Å². The van der Waals surface area contributed by atoms with Crippen LogP contribution < -0.4 is 4.72 Å². The van der Waals surface area contributed by atoms with Crippen molar-refractivity contribution >= 4 is 15.9 Å². The number of sulfonamides is 1. The first-order valence-electron chi connectivity index (χ1n) is 8.43. The average Bonchev–Trinajstić information content (AvgIpc) is 3.05. The second-order valence-electron chi connectivity index (χ2n) is 6.34. The zero-order chi connectivity index (χ0) is 17.0. The molecule has 7 heteroatoms. The van der Waals surface area contributed by atoms with Gasteiger partial charge in [-0.3, -0.25) is 14.2 Å². The number of carbonyl (C=O) groups is 1. The number of carbonyl (C=O) groups excluding carboxylic acids is 1. The molecule has 1 aromatic rings. The minimum Gasteiger partial charge on any atom is -0.274 e. The summed E-state index contributed by atoms with van der Waals surface area (Å²) in [6.45, 7) is 3.99. The van der Waals surface area contributed by atoms with Crippen LogP contribution in [0.2, 0.25) is 0 Å². The summed E-state index contributed by atoms with van der Waals surface area (Å²) in [6, 6.07) is 0. The van der Waals surface area contributed by atoms with Gasteiger partial charge in [0.15, 0.2) is 0 Å². The molecule has 0 atom stereocenters. The van der Waals surface area contributed by atoms with Crippen LogP contribution in [-0.2, 0) is 41.1 Å². The first-order valence-corrected chi connectivity index (χ1v) is 10.1. The molecule has 1 heterocycles. The molecule has 0 aromatic carbocycles. The van der Waals surface area contributed by atoms with Crippen LogP contribution in [0.5, 0.6) is 0 Å². The minimum atomic E-state index is -3.54. The predicted molar refractivity (Wildman–Crippen MR) is 89.6 cm³/mol. The lowest BCUT2D eigenvalue weighted by Gasteiger charge is -2.11. The lowest BCUT2D eigenvalue weighted by Crippen LogP contribution is -2.35. The van der Waals surface area contributed by atoms with Gasteiger partial charge in [-0.15, -0.1) is 0 Å². The highest BCUT2D eigenvalue weighted by Gasteiger charge is 2.25. The smallest absolute Gasteiger partial charge is 0.237 e. The monoisotopic (exact) mass is 341 g/mol. The third kappa shape index (κ3) is 4.56. The van der Waals surface area contributed by atoms with Gasteiger partial charge in [-0.05, 0) is 31.6 Å². The quantitative estimate of drug-likeness (QED) is 0.819. The van der Waals surface area contributed by atoms with E-state index in [4.69, 9.17) is 0 Å². The van der Waals surface area contributed by atoms with Crippen LogP contribution in [-0.4, -0.2) is 29.9 Å². The number of aromatic nitrogens is 2. The van der Waals surface area contributed by atoms with Crippen LogP contribution >= 0.6 is 0 Å². The predicted octanol–water partition coefficient (Wildman–Crippen LogP) is 1.72. The van der Waals surface area contributed by atoms with Gasteiger partial charge in [0, 0.05) is 18.3 Å².